The van der Waals surface area contributed by atoms with Crippen LogP contribution in [-0.4, -0.2) is 63.7 Å². The molecule has 0 bridgehead atoms. The van der Waals surface area contributed by atoms with Crippen LogP contribution in [0.1, 0.15) is 79.7 Å². The van der Waals surface area contributed by atoms with Gasteiger partial charge in [-0.05, 0) is 65.2 Å². The molecule has 40 heavy (non-hydrogen) atoms. The second-order valence-electron chi connectivity index (χ2n) is 10.4. The van der Waals surface area contributed by atoms with Crippen molar-refractivity contribution >= 4 is 23.8 Å². The lowest BCUT2D eigenvalue weighted by Crippen LogP contribution is -2.42. The number of piperidine rings is 1. The van der Waals surface area contributed by atoms with E-state index in [4.69, 9.17) is 19.2 Å². The van der Waals surface area contributed by atoms with Crippen LogP contribution in [0.5, 0.6) is 5.75 Å². The SMILES string of the molecule is CCOC(=O)c1[nH]c([C@@H]2CCCCN2C(=O)OC(C)(C)C)nc1-c1ccc(C(=O)Nc2cc(OC)ccn2)cc1. The van der Waals surface area contributed by atoms with Gasteiger partial charge in [0.2, 0.25) is 0 Å². The van der Waals surface area contributed by atoms with Crippen molar-refractivity contribution in [2.75, 3.05) is 25.6 Å². The van der Waals surface area contributed by atoms with Crippen molar-refractivity contribution in [3.63, 3.8) is 0 Å². The molecule has 4 rings (SSSR count). The van der Waals surface area contributed by atoms with Gasteiger partial charge in [0.1, 0.15) is 28.7 Å². The quantitative estimate of drug-likeness (QED) is 0.376. The first-order valence-corrected chi connectivity index (χ1v) is 13.3. The van der Waals surface area contributed by atoms with Crippen molar-refractivity contribution in [1.29, 1.82) is 0 Å². The molecule has 0 spiro atoms. The third-order valence-electron chi connectivity index (χ3n) is 6.28. The van der Waals surface area contributed by atoms with Gasteiger partial charge in [-0.25, -0.2) is 19.6 Å². The van der Waals surface area contributed by atoms with Crippen LogP contribution in [0.15, 0.2) is 42.6 Å². The summed E-state index contributed by atoms with van der Waals surface area (Å²) in [5.41, 5.74) is 0.931. The fraction of sp³-hybridized carbons (Fsp3) is 0.414. The molecule has 1 aliphatic heterocycles. The number of rotatable bonds is 7. The van der Waals surface area contributed by atoms with Crippen LogP contribution in [0.3, 0.4) is 0 Å². The first-order chi connectivity index (χ1) is 19.1. The highest BCUT2D eigenvalue weighted by Gasteiger charge is 2.34. The number of aromatic nitrogens is 3. The molecule has 0 unspecified atom stereocenters. The van der Waals surface area contributed by atoms with Gasteiger partial charge in [-0.1, -0.05) is 12.1 Å². The van der Waals surface area contributed by atoms with Gasteiger partial charge < -0.3 is 24.5 Å². The van der Waals surface area contributed by atoms with Crippen LogP contribution < -0.4 is 10.1 Å². The molecule has 3 aromatic rings. The highest BCUT2D eigenvalue weighted by Crippen LogP contribution is 2.33. The minimum absolute atomic E-state index is 0.185. The molecular formula is C29H35N5O6. The molecule has 11 nitrogen and oxygen atoms in total. The maximum absolute atomic E-state index is 13.0. The van der Waals surface area contributed by atoms with Gasteiger partial charge >= 0.3 is 12.1 Å². The van der Waals surface area contributed by atoms with Crippen molar-refractivity contribution in [3.05, 3.63) is 59.7 Å². The lowest BCUT2D eigenvalue weighted by Gasteiger charge is -2.35. The van der Waals surface area contributed by atoms with E-state index in [9.17, 15) is 14.4 Å². The van der Waals surface area contributed by atoms with E-state index in [-0.39, 0.29) is 24.2 Å². The van der Waals surface area contributed by atoms with Crippen LogP contribution in [0, 0.1) is 0 Å². The second kappa shape index (κ2) is 12.2. The van der Waals surface area contributed by atoms with Crippen molar-refractivity contribution in [2.24, 2.45) is 0 Å². The number of H-pyrrole nitrogens is 1. The number of hydrogen-bond acceptors (Lipinski definition) is 8. The molecule has 3 heterocycles. The van der Waals surface area contributed by atoms with Gasteiger partial charge in [0, 0.05) is 29.9 Å². The van der Waals surface area contributed by atoms with Crippen LogP contribution in [0.2, 0.25) is 0 Å². The molecule has 2 N–H and O–H groups in total. The maximum Gasteiger partial charge on any atom is 0.410 e. The minimum atomic E-state index is -0.639. The van der Waals surface area contributed by atoms with Gasteiger partial charge in [0.15, 0.2) is 5.69 Å². The summed E-state index contributed by atoms with van der Waals surface area (Å²) < 4.78 is 16.1. The number of esters is 1. The summed E-state index contributed by atoms with van der Waals surface area (Å²) in [4.78, 5) is 52.4. The lowest BCUT2D eigenvalue weighted by molar-refractivity contribution is 0.00853. The highest BCUT2D eigenvalue weighted by molar-refractivity contribution is 6.04. The van der Waals surface area contributed by atoms with Gasteiger partial charge in [-0.3, -0.25) is 9.69 Å². The average molecular weight is 550 g/mol. The number of benzene rings is 1. The summed E-state index contributed by atoms with van der Waals surface area (Å²) in [7, 11) is 1.54. The Kier molecular flexibility index (Phi) is 8.71. The second-order valence-corrected chi connectivity index (χ2v) is 10.4. The van der Waals surface area contributed by atoms with Crippen molar-refractivity contribution in [1.82, 2.24) is 19.9 Å². The monoisotopic (exact) mass is 549 g/mol. The Morgan fingerprint density at radius 2 is 1.88 bits per heavy atom. The summed E-state index contributed by atoms with van der Waals surface area (Å²) in [6.07, 6.45) is 3.55. The molecule has 0 radical (unpaired) electrons. The summed E-state index contributed by atoms with van der Waals surface area (Å²) in [6.45, 7) is 7.92. The van der Waals surface area contributed by atoms with Gasteiger partial charge in [0.05, 0.1) is 19.8 Å². The zero-order valence-corrected chi connectivity index (χ0v) is 23.4. The normalized spacial score (nSPS) is 15.3. The van der Waals surface area contributed by atoms with Crippen LogP contribution in [0.25, 0.3) is 11.3 Å². The first-order valence-electron chi connectivity index (χ1n) is 13.3. The molecule has 1 atom stereocenters. The summed E-state index contributed by atoms with van der Waals surface area (Å²) in [5.74, 6) is 0.508. The Balaban J connectivity index is 1.62. The van der Waals surface area contributed by atoms with E-state index >= 15 is 0 Å². The fourth-order valence-corrected chi connectivity index (χ4v) is 4.44. The fourth-order valence-electron chi connectivity index (χ4n) is 4.44. The van der Waals surface area contributed by atoms with Gasteiger partial charge in [-0.15, -0.1) is 0 Å². The zero-order chi connectivity index (χ0) is 28.9. The molecule has 1 saturated heterocycles. The Labute approximate surface area is 233 Å². The summed E-state index contributed by atoms with van der Waals surface area (Å²) >= 11 is 0. The largest absolute Gasteiger partial charge is 0.497 e. The zero-order valence-electron chi connectivity index (χ0n) is 23.4. The Morgan fingerprint density at radius 1 is 1.12 bits per heavy atom. The van der Waals surface area contributed by atoms with Crippen LogP contribution in [-0.2, 0) is 9.47 Å². The van der Waals surface area contributed by atoms with Gasteiger partial charge in [0.25, 0.3) is 5.91 Å². The van der Waals surface area contributed by atoms with Crippen molar-refractivity contribution in [2.45, 2.75) is 58.6 Å². The van der Waals surface area contributed by atoms with Crippen molar-refractivity contribution < 1.29 is 28.6 Å². The summed E-state index contributed by atoms with van der Waals surface area (Å²) in [6, 6.07) is 9.62. The van der Waals surface area contributed by atoms with E-state index in [1.54, 1.807) is 54.4 Å². The van der Waals surface area contributed by atoms with Gasteiger partial charge in [-0.2, -0.15) is 0 Å². The molecule has 1 fully saturated rings. The standard InChI is InChI=1S/C29H35N5O6/c1-6-39-27(36)24-23(32-25(33-24)21-9-7-8-16-34(21)28(37)40-29(2,3)4)18-10-12-19(13-11-18)26(35)31-22-17-20(38-5)14-15-30-22/h10-15,17,21H,6-9,16H2,1-5H3,(H,32,33)(H,30,31,35)/t21-/m0/s1. The lowest BCUT2D eigenvalue weighted by atomic mass is 10.0. The molecule has 1 aromatic carbocycles. The minimum Gasteiger partial charge on any atom is -0.497 e. The number of amides is 2. The number of ether oxygens (including phenoxy) is 3. The third-order valence-corrected chi connectivity index (χ3v) is 6.28. The molecule has 1 aliphatic rings. The number of aromatic amines is 1. The highest BCUT2D eigenvalue weighted by atomic mass is 16.6. The predicted octanol–water partition coefficient (Wildman–Crippen LogP) is 5.37. The topological polar surface area (TPSA) is 136 Å². The predicted molar refractivity (Wildman–Crippen MR) is 148 cm³/mol. The Morgan fingerprint density at radius 3 is 2.55 bits per heavy atom. The van der Waals surface area contributed by atoms with E-state index < -0.39 is 17.7 Å². The number of anilines is 1. The number of likely N-dealkylation sites (tertiary alicyclic amines) is 1. The molecular weight excluding hydrogens is 514 g/mol. The number of carbonyl (C=O) groups excluding carboxylic acids is 3. The van der Waals surface area contributed by atoms with E-state index in [1.807, 2.05) is 20.8 Å². The summed E-state index contributed by atoms with van der Waals surface area (Å²) in [5, 5.41) is 2.74. The number of imidazole rings is 1. The number of methoxy groups -OCH3 is 1. The van der Waals surface area contributed by atoms with E-state index in [0.29, 0.717) is 47.2 Å². The molecule has 212 valence electrons. The van der Waals surface area contributed by atoms with E-state index in [1.165, 1.54) is 7.11 Å². The number of nitrogens with zero attached hydrogens (tertiary/aromatic N) is 3. The van der Waals surface area contributed by atoms with Crippen LogP contribution >= 0.6 is 0 Å². The molecule has 0 saturated carbocycles. The number of carbonyl (C=O) groups is 3. The Bertz CT molecular complexity index is 1360. The number of hydrogen-bond donors (Lipinski definition) is 2. The first kappa shape index (κ1) is 28.6. The van der Waals surface area contributed by atoms with Crippen molar-refractivity contribution in [3.8, 4) is 17.0 Å². The Hall–Kier alpha value is -4.41. The smallest absolute Gasteiger partial charge is 0.410 e. The number of nitrogens with one attached hydrogen (secondary N) is 2. The molecule has 2 amide bonds. The van der Waals surface area contributed by atoms with Crippen LogP contribution in [0.4, 0.5) is 10.6 Å². The molecule has 0 aliphatic carbocycles. The average Bonchev–Trinajstić information content (AvgIpc) is 3.38. The third kappa shape index (κ3) is 6.77. The molecule has 11 heteroatoms. The molecule has 2 aromatic heterocycles. The van der Waals surface area contributed by atoms with E-state index in [0.717, 1.165) is 12.8 Å². The number of pyridine rings is 1. The maximum atomic E-state index is 13.0. The van der Waals surface area contributed by atoms with E-state index in [2.05, 4.69) is 15.3 Å².